The Bertz CT molecular complexity index is 754. The van der Waals surface area contributed by atoms with Crippen molar-refractivity contribution in [3.8, 4) is 11.8 Å². The highest BCUT2D eigenvalue weighted by atomic mass is 16.5. The molecule has 0 aliphatic carbocycles. The monoisotopic (exact) mass is 348 g/mol. The third kappa shape index (κ3) is 5.73. The highest BCUT2D eigenvalue weighted by molar-refractivity contribution is 5.94. The maximum absolute atomic E-state index is 12.2. The second-order valence-electron chi connectivity index (χ2n) is 6.26. The fourth-order valence-corrected chi connectivity index (χ4v) is 2.80. The molecule has 4 nitrogen and oxygen atoms in total. The van der Waals surface area contributed by atoms with E-state index in [2.05, 4.69) is 22.1 Å². The normalized spacial score (nSPS) is 14.3. The molecule has 0 saturated carbocycles. The Kier molecular flexibility index (Phi) is 6.83. The molecular formula is C22H24N2O2. The van der Waals surface area contributed by atoms with Crippen LogP contribution in [0, 0.1) is 11.8 Å². The van der Waals surface area contributed by atoms with Crippen LogP contribution in [0.4, 0.5) is 0 Å². The summed E-state index contributed by atoms with van der Waals surface area (Å²) in [6.45, 7) is 5.28. The molecule has 0 bridgehead atoms. The van der Waals surface area contributed by atoms with E-state index in [0.29, 0.717) is 12.1 Å². The molecule has 1 saturated heterocycles. The third-order valence-electron chi connectivity index (χ3n) is 4.31. The van der Waals surface area contributed by atoms with Crippen molar-refractivity contribution < 1.29 is 9.53 Å². The number of benzene rings is 2. The van der Waals surface area contributed by atoms with Crippen molar-refractivity contribution in [1.29, 1.82) is 0 Å². The van der Waals surface area contributed by atoms with Crippen LogP contribution in [-0.2, 0) is 4.74 Å². The minimum atomic E-state index is -0.0328. The van der Waals surface area contributed by atoms with Crippen LogP contribution < -0.4 is 5.32 Å². The molecule has 4 heteroatoms. The standard InChI is InChI=1S/C22H24N2O2/c25-22(23-13-4-14-24-15-17-26-18-16-24)21-11-9-20(10-12-21)8-7-19-5-2-1-3-6-19/h1-3,5-6,9-12H,4,13-18H2,(H,23,25). The van der Waals surface area contributed by atoms with Gasteiger partial charge in [0.15, 0.2) is 0 Å². The largest absolute Gasteiger partial charge is 0.379 e. The topological polar surface area (TPSA) is 41.6 Å². The van der Waals surface area contributed by atoms with Crippen molar-refractivity contribution in [1.82, 2.24) is 10.2 Å². The maximum atomic E-state index is 12.2. The minimum Gasteiger partial charge on any atom is -0.379 e. The molecule has 1 N–H and O–H groups in total. The summed E-state index contributed by atoms with van der Waals surface area (Å²) in [5.74, 6) is 6.20. The first-order valence-electron chi connectivity index (χ1n) is 9.07. The van der Waals surface area contributed by atoms with Gasteiger partial charge in [0, 0.05) is 36.3 Å². The molecule has 1 amide bonds. The molecule has 1 aliphatic heterocycles. The van der Waals surface area contributed by atoms with Crippen molar-refractivity contribution in [2.24, 2.45) is 0 Å². The summed E-state index contributed by atoms with van der Waals surface area (Å²) in [5.41, 5.74) is 2.55. The first-order valence-corrected chi connectivity index (χ1v) is 9.07. The summed E-state index contributed by atoms with van der Waals surface area (Å²) in [4.78, 5) is 14.6. The number of ether oxygens (including phenoxy) is 1. The first-order chi connectivity index (χ1) is 12.8. The quantitative estimate of drug-likeness (QED) is 0.667. The molecule has 0 unspecified atom stereocenters. The Balaban J connectivity index is 1.44. The summed E-state index contributed by atoms with van der Waals surface area (Å²) in [6.07, 6.45) is 0.951. The van der Waals surface area contributed by atoms with Gasteiger partial charge in [-0.05, 0) is 49.4 Å². The van der Waals surface area contributed by atoms with Crippen molar-refractivity contribution in [2.75, 3.05) is 39.4 Å². The number of carbonyl (C=O) groups excluding carboxylic acids is 1. The van der Waals surface area contributed by atoms with Crippen molar-refractivity contribution in [3.63, 3.8) is 0 Å². The van der Waals surface area contributed by atoms with Gasteiger partial charge in [0.05, 0.1) is 13.2 Å². The van der Waals surface area contributed by atoms with E-state index in [9.17, 15) is 4.79 Å². The summed E-state index contributed by atoms with van der Waals surface area (Å²) in [6, 6.07) is 17.3. The second kappa shape index (κ2) is 9.76. The zero-order valence-corrected chi connectivity index (χ0v) is 14.9. The fraction of sp³-hybridized carbons (Fsp3) is 0.318. The Morgan fingerprint density at radius 2 is 1.62 bits per heavy atom. The molecule has 134 valence electrons. The van der Waals surface area contributed by atoms with Crippen LogP contribution in [0.25, 0.3) is 0 Å². The average molecular weight is 348 g/mol. The van der Waals surface area contributed by atoms with Crippen molar-refractivity contribution in [2.45, 2.75) is 6.42 Å². The minimum absolute atomic E-state index is 0.0328. The van der Waals surface area contributed by atoms with Crippen molar-refractivity contribution >= 4 is 5.91 Å². The van der Waals surface area contributed by atoms with Gasteiger partial charge in [-0.25, -0.2) is 0 Å². The van der Waals surface area contributed by atoms with Gasteiger partial charge in [-0.3, -0.25) is 9.69 Å². The molecule has 0 radical (unpaired) electrons. The lowest BCUT2D eigenvalue weighted by atomic mass is 10.1. The number of rotatable bonds is 5. The van der Waals surface area contributed by atoms with E-state index >= 15 is 0 Å². The van der Waals surface area contributed by atoms with Gasteiger partial charge in [0.1, 0.15) is 0 Å². The van der Waals surface area contributed by atoms with Crippen LogP contribution in [0.3, 0.4) is 0 Å². The van der Waals surface area contributed by atoms with Crippen LogP contribution in [0.1, 0.15) is 27.9 Å². The van der Waals surface area contributed by atoms with Gasteiger partial charge in [-0.1, -0.05) is 30.0 Å². The molecule has 0 atom stereocenters. The summed E-state index contributed by atoms with van der Waals surface area (Å²) in [5, 5.41) is 2.98. The Morgan fingerprint density at radius 1 is 0.962 bits per heavy atom. The third-order valence-corrected chi connectivity index (χ3v) is 4.31. The van der Waals surface area contributed by atoms with E-state index in [0.717, 1.165) is 50.4 Å². The molecule has 2 aromatic rings. The lowest BCUT2D eigenvalue weighted by Crippen LogP contribution is -2.38. The average Bonchev–Trinajstić information content (AvgIpc) is 2.71. The molecular weight excluding hydrogens is 324 g/mol. The number of amides is 1. The van der Waals surface area contributed by atoms with Gasteiger partial charge in [-0.15, -0.1) is 0 Å². The van der Waals surface area contributed by atoms with Gasteiger partial charge < -0.3 is 10.1 Å². The van der Waals surface area contributed by atoms with E-state index in [4.69, 9.17) is 4.74 Å². The van der Waals surface area contributed by atoms with Gasteiger partial charge in [0.25, 0.3) is 5.91 Å². The van der Waals surface area contributed by atoms with Crippen LogP contribution in [-0.4, -0.2) is 50.2 Å². The summed E-state index contributed by atoms with van der Waals surface area (Å²) < 4.78 is 5.33. The Hall–Kier alpha value is -2.61. The van der Waals surface area contributed by atoms with Crippen LogP contribution in [0.15, 0.2) is 54.6 Å². The summed E-state index contributed by atoms with van der Waals surface area (Å²) >= 11 is 0. The number of nitrogens with zero attached hydrogens (tertiary/aromatic N) is 1. The zero-order valence-electron chi connectivity index (χ0n) is 14.9. The predicted molar refractivity (Wildman–Crippen MR) is 103 cm³/mol. The predicted octanol–water partition coefficient (Wildman–Crippen LogP) is 2.54. The second-order valence-corrected chi connectivity index (χ2v) is 6.26. The molecule has 3 rings (SSSR count). The fourth-order valence-electron chi connectivity index (χ4n) is 2.80. The zero-order chi connectivity index (χ0) is 18.0. The number of hydrogen-bond acceptors (Lipinski definition) is 3. The molecule has 26 heavy (non-hydrogen) atoms. The van der Waals surface area contributed by atoms with Gasteiger partial charge in [-0.2, -0.15) is 0 Å². The molecule has 2 aromatic carbocycles. The lowest BCUT2D eigenvalue weighted by molar-refractivity contribution is 0.0374. The molecule has 0 aromatic heterocycles. The van der Waals surface area contributed by atoms with Gasteiger partial charge >= 0.3 is 0 Å². The molecule has 1 aliphatic rings. The van der Waals surface area contributed by atoms with E-state index in [1.807, 2.05) is 54.6 Å². The molecule has 1 heterocycles. The highest BCUT2D eigenvalue weighted by Gasteiger charge is 2.10. The Morgan fingerprint density at radius 3 is 2.31 bits per heavy atom. The molecule has 1 fully saturated rings. The van der Waals surface area contributed by atoms with Crippen LogP contribution in [0.5, 0.6) is 0 Å². The highest BCUT2D eigenvalue weighted by Crippen LogP contribution is 2.05. The van der Waals surface area contributed by atoms with E-state index in [-0.39, 0.29) is 5.91 Å². The SMILES string of the molecule is O=C(NCCCN1CCOCC1)c1ccc(C#Cc2ccccc2)cc1. The first kappa shape index (κ1) is 18.2. The van der Waals surface area contributed by atoms with Crippen LogP contribution in [0.2, 0.25) is 0 Å². The lowest BCUT2D eigenvalue weighted by Gasteiger charge is -2.26. The Labute approximate surface area is 155 Å². The smallest absolute Gasteiger partial charge is 0.251 e. The van der Waals surface area contributed by atoms with E-state index in [1.165, 1.54) is 0 Å². The van der Waals surface area contributed by atoms with Gasteiger partial charge in [0.2, 0.25) is 0 Å². The summed E-state index contributed by atoms with van der Waals surface area (Å²) in [7, 11) is 0. The van der Waals surface area contributed by atoms with E-state index < -0.39 is 0 Å². The molecule has 0 spiro atoms. The number of nitrogens with one attached hydrogen (secondary N) is 1. The van der Waals surface area contributed by atoms with E-state index in [1.54, 1.807) is 0 Å². The maximum Gasteiger partial charge on any atom is 0.251 e. The number of carbonyl (C=O) groups is 1. The number of morpholine rings is 1. The van der Waals surface area contributed by atoms with Crippen LogP contribution >= 0.6 is 0 Å². The van der Waals surface area contributed by atoms with Crippen molar-refractivity contribution in [3.05, 3.63) is 71.3 Å². The number of hydrogen-bond donors (Lipinski definition) is 1.